The molecule has 1 fully saturated rings. The van der Waals surface area contributed by atoms with Crippen LogP contribution in [0.2, 0.25) is 0 Å². The highest BCUT2D eigenvalue weighted by atomic mass is 79.9. The molecule has 19 heavy (non-hydrogen) atoms. The third-order valence-electron chi connectivity index (χ3n) is 4.33. The van der Waals surface area contributed by atoms with Crippen molar-refractivity contribution in [3.8, 4) is 0 Å². The maximum absolute atomic E-state index is 3.69. The number of halogens is 1. The summed E-state index contributed by atoms with van der Waals surface area (Å²) in [7, 11) is 0. The molecule has 1 aromatic rings. The Morgan fingerprint density at radius 3 is 2.47 bits per heavy atom. The number of benzene rings is 1. The van der Waals surface area contributed by atoms with E-state index in [1.807, 2.05) is 0 Å². The summed E-state index contributed by atoms with van der Waals surface area (Å²) in [6, 6.07) is 9.21. The third-order valence-corrected chi connectivity index (χ3v) is 4.86. The maximum Gasteiger partial charge on any atom is 0.0208 e. The van der Waals surface area contributed by atoms with Crippen molar-refractivity contribution in [2.75, 3.05) is 19.6 Å². The average molecular weight is 325 g/mol. The van der Waals surface area contributed by atoms with Gasteiger partial charge in [-0.2, -0.15) is 0 Å². The minimum Gasteiger partial charge on any atom is -0.310 e. The molecular formula is C16H25BrN2. The van der Waals surface area contributed by atoms with Crippen LogP contribution < -0.4 is 5.32 Å². The molecule has 1 heterocycles. The number of hydrogen-bond acceptors (Lipinski definition) is 2. The van der Waals surface area contributed by atoms with Crippen molar-refractivity contribution < 1.29 is 0 Å². The molecule has 0 bridgehead atoms. The normalized spacial score (nSPS) is 19.5. The predicted molar refractivity (Wildman–Crippen MR) is 85.3 cm³/mol. The van der Waals surface area contributed by atoms with Gasteiger partial charge in [0, 0.05) is 17.1 Å². The van der Waals surface area contributed by atoms with E-state index >= 15 is 0 Å². The smallest absolute Gasteiger partial charge is 0.0208 e. The van der Waals surface area contributed by atoms with Crippen molar-refractivity contribution in [1.82, 2.24) is 10.2 Å². The van der Waals surface area contributed by atoms with E-state index in [4.69, 9.17) is 0 Å². The third kappa shape index (κ3) is 4.59. The van der Waals surface area contributed by atoms with E-state index in [1.165, 1.54) is 38.0 Å². The lowest BCUT2D eigenvalue weighted by atomic mass is 9.90. The lowest BCUT2D eigenvalue weighted by Gasteiger charge is -2.34. The van der Waals surface area contributed by atoms with Crippen LogP contribution in [0.3, 0.4) is 0 Å². The molecule has 0 saturated carbocycles. The zero-order chi connectivity index (χ0) is 13.7. The molecular weight excluding hydrogens is 300 g/mol. The molecule has 1 aliphatic heterocycles. The topological polar surface area (TPSA) is 15.3 Å². The molecule has 2 rings (SSSR count). The summed E-state index contributed by atoms with van der Waals surface area (Å²) in [4.78, 5) is 2.55. The van der Waals surface area contributed by atoms with Crippen LogP contribution in [0, 0.1) is 5.92 Å². The van der Waals surface area contributed by atoms with Crippen molar-refractivity contribution in [3.63, 3.8) is 0 Å². The molecule has 0 radical (unpaired) electrons. The minimum atomic E-state index is 0.614. The minimum absolute atomic E-state index is 0.614. The van der Waals surface area contributed by atoms with Gasteiger partial charge in [0.25, 0.3) is 0 Å². The first-order valence-corrected chi connectivity index (χ1v) is 8.18. The van der Waals surface area contributed by atoms with Gasteiger partial charge < -0.3 is 10.2 Å². The molecule has 0 aliphatic carbocycles. The van der Waals surface area contributed by atoms with Gasteiger partial charge in [0.05, 0.1) is 0 Å². The van der Waals surface area contributed by atoms with Gasteiger partial charge in [-0.3, -0.25) is 0 Å². The molecule has 1 saturated heterocycles. The number of rotatable bonds is 5. The molecule has 1 unspecified atom stereocenters. The van der Waals surface area contributed by atoms with E-state index < -0.39 is 0 Å². The predicted octanol–water partition coefficient (Wildman–Crippen LogP) is 3.66. The zero-order valence-electron chi connectivity index (χ0n) is 12.0. The van der Waals surface area contributed by atoms with Crippen LogP contribution in [-0.2, 0) is 6.54 Å². The van der Waals surface area contributed by atoms with E-state index in [2.05, 4.69) is 64.3 Å². The fraction of sp³-hybridized carbons (Fsp3) is 0.625. The number of hydrogen-bond donors (Lipinski definition) is 1. The Labute approximate surface area is 125 Å². The van der Waals surface area contributed by atoms with Crippen LogP contribution in [0.25, 0.3) is 0 Å². The highest BCUT2D eigenvalue weighted by Crippen LogP contribution is 2.20. The quantitative estimate of drug-likeness (QED) is 0.889. The summed E-state index contributed by atoms with van der Waals surface area (Å²) in [6.45, 7) is 9.31. The Hall–Kier alpha value is -0.380. The SMILES string of the molecule is CCN1CCC(C(C)NCc2ccc(Br)cc2)CC1. The van der Waals surface area contributed by atoms with Crippen molar-refractivity contribution in [2.45, 2.75) is 39.3 Å². The number of piperidine rings is 1. The van der Waals surface area contributed by atoms with Gasteiger partial charge in [-0.25, -0.2) is 0 Å². The first-order chi connectivity index (χ1) is 9.19. The maximum atomic E-state index is 3.69. The summed E-state index contributed by atoms with van der Waals surface area (Å²) in [5.74, 6) is 0.832. The molecule has 1 aromatic carbocycles. The van der Waals surface area contributed by atoms with Crippen LogP contribution in [0.15, 0.2) is 28.7 Å². The molecule has 0 amide bonds. The summed E-state index contributed by atoms with van der Waals surface area (Å²) < 4.78 is 1.15. The second kappa shape index (κ2) is 7.41. The fourth-order valence-electron chi connectivity index (χ4n) is 2.82. The zero-order valence-corrected chi connectivity index (χ0v) is 13.6. The summed E-state index contributed by atoms with van der Waals surface area (Å²) >= 11 is 3.48. The van der Waals surface area contributed by atoms with Crippen LogP contribution >= 0.6 is 15.9 Å². The van der Waals surface area contributed by atoms with E-state index in [1.54, 1.807) is 0 Å². The molecule has 1 N–H and O–H groups in total. The van der Waals surface area contributed by atoms with E-state index in [-0.39, 0.29) is 0 Å². The first kappa shape index (κ1) is 15.0. The largest absolute Gasteiger partial charge is 0.310 e. The summed E-state index contributed by atoms with van der Waals surface area (Å²) in [6.07, 6.45) is 2.67. The van der Waals surface area contributed by atoms with Gasteiger partial charge in [-0.1, -0.05) is 35.0 Å². The second-order valence-corrected chi connectivity index (χ2v) is 6.48. The highest BCUT2D eigenvalue weighted by molar-refractivity contribution is 9.10. The van der Waals surface area contributed by atoms with Gasteiger partial charge in [-0.05, 0) is 63.0 Å². The van der Waals surface area contributed by atoms with Gasteiger partial charge >= 0.3 is 0 Å². The lowest BCUT2D eigenvalue weighted by molar-refractivity contribution is 0.168. The molecule has 0 spiro atoms. The average Bonchev–Trinajstić information content (AvgIpc) is 2.46. The molecule has 0 aromatic heterocycles. The van der Waals surface area contributed by atoms with Crippen LogP contribution in [0.5, 0.6) is 0 Å². The Morgan fingerprint density at radius 1 is 1.26 bits per heavy atom. The second-order valence-electron chi connectivity index (χ2n) is 5.57. The van der Waals surface area contributed by atoms with E-state index in [0.717, 1.165) is 16.9 Å². The Kier molecular flexibility index (Phi) is 5.86. The van der Waals surface area contributed by atoms with E-state index in [0.29, 0.717) is 6.04 Å². The summed E-state index contributed by atoms with van der Waals surface area (Å²) in [5.41, 5.74) is 1.36. The van der Waals surface area contributed by atoms with Gasteiger partial charge in [-0.15, -0.1) is 0 Å². The van der Waals surface area contributed by atoms with E-state index in [9.17, 15) is 0 Å². The van der Waals surface area contributed by atoms with Crippen molar-refractivity contribution in [1.29, 1.82) is 0 Å². The molecule has 3 heteroatoms. The fourth-order valence-corrected chi connectivity index (χ4v) is 3.08. The monoisotopic (exact) mass is 324 g/mol. The molecule has 2 nitrogen and oxygen atoms in total. The number of likely N-dealkylation sites (tertiary alicyclic amines) is 1. The molecule has 1 atom stereocenters. The van der Waals surface area contributed by atoms with Crippen molar-refractivity contribution in [2.24, 2.45) is 5.92 Å². The lowest BCUT2D eigenvalue weighted by Crippen LogP contribution is -2.41. The van der Waals surface area contributed by atoms with Crippen LogP contribution in [-0.4, -0.2) is 30.6 Å². The molecule has 106 valence electrons. The molecule has 1 aliphatic rings. The number of nitrogens with zero attached hydrogens (tertiary/aromatic N) is 1. The Bertz CT molecular complexity index is 369. The first-order valence-electron chi connectivity index (χ1n) is 7.39. The van der Waals surface area contributed by atoms with Crippen LogP contribution in [0.1, 0.15) is 32.3 Å². The Morgan fingerprint density at radius 2 is 1.89 bits per heavy atom. The number of nitrogens with one attached hydrogen (secondary N) is 1. The highest BCUT2D eigenvalue weighted by Gasteiger charge is 2.22. The van der Waals surface area contributed by atoms with Gasteiger partial charge in [0.15, 0.2) is 0 Å². The van der Waals surface area contributed by atoms with Crippen LogP contribution in [0.4, 0.5) is 0 Å². The van der Waals surface area contributed by atoms with Crippen molar-refractivity contribution in [3.05, 3.63) is 34.3 Å². The Balaban J connectivity index is 1.75. The van der Waals surface area contributed by atoms with Gasteiger partial charge in [0.2, 0.25) is 0 Å². The van der Waals surface area contributed by atoms with Crippen molar-refractivity contribution >= 4 is 15.9 Å². The summed E-state index contributed by atoms with van der Waals surface area (Å²) in [5, 5.41) is 3.69. The standard InChI is InChI=1S/C16H25BrN2/c1-3-19-10-8-15(9-11-19)13(2)18-12-14-4-6-16(17)7-5-14/h4-7,13,15,18H,3,8-12H2,1-2H3. The van der Waals surface area contributed by atoms with Gasteiger partial charge in [0.1, 0.15) is 0 Å².